The number of hydrogen-bond donors (Lipinski definition) is 2. The van der Waals surface area contributed by atoms with Crippen molar-refractivity contribution in [3.63, 3.8) is 0 Å². The van der Waals surface area contributed by atoms with E-state index in [-0.39, 0.29) is 17.3 Å². The quantitative estimate of drug-likeness (QED) is 0.765. The Morgan fingerprint density at radius 2 is 1.43 bits per heavy atom. The average Bonchev–Trinajstić information content (AvgIpc) is 3.01. The first-order chi connectivity index (χ1) is 13.5. The van der Waals surface area contributed by atoms with Crippen LogP contribution in [0.5, 0.6) is 0 Å². The predicted octanol–water partition coefficient (Wildman–Crippen LogP) is 4.23. The third-order valence-electron chi connectivity index (χ3n) is 6.24. The summed E-state index contributed by atoms with van der Waals surface area (Å²) >= 11 is 0. The lowest BCUT2D eigenvalue weighted by Gasteiger charge is -2.30. The summed E-state index contributed by atoms with van der Waals surface area (Å²) in [5, 5.41) is 3.44. The average molecular weight is 399 g/mol. The van der Waals surface area contributed by atoms with Crippen molar-refractivity contribution in [1.82, 2.24) is 10.0 Å². The van der Waals surface area contributed by atoms with Crippen molar-refractivity contribution in [1.29, 1.82) is 0 Å². The fourth-order valence-corrected chi connectivity index (χ4v) is 5.49. The van der Waals surface area contributed by atoms with E-state index in [1.165, 1.54) is 22.3 Å². The van der Waals surface area contributed by atoms with Crippen molar-refractivity contribution in [3.05, 3.63) is 59.7 Å². The third-order valence-corrected chi connectivity index (χ3v) is 8.15. The van der Waals surface area contributed by atoms with Gasteiger partial charge in [0.15, 0.2) is 0 Å². The van der Waals surface area contributed by atoms with Gasteiger partial charge in [-0.2, -0.15) is 0 Å². The summed E-state index contributed by atoms with van der Waals surface area (Å²) < 4.78 is 27.1. The van der Waals surface area contributed by atoms with Gasteiger partial charge in [0.2, 0.25) is 10.0 Å². The molecule has 4 rings (SSSR count). The van der Waals surface area contributed by atoms with E-state index >= 15 is 0 Å². The van der Waals surface area contributed by atoms with Crippen molar-refractivity contribution in [3.8, 4) is 11.1 Å². The minimum Gasteiger partial charge on any atom is -0.306 e. The minimum atomic E-state index is -3.17. The second kappa shape index (κ2) is 7.97. The van der Waals surface area contributed by atoms with Crippen molar-refractivity contribution in [2.45, 2.75) is 56.9 Å². The molecule has 2 N–H and O–H groups in total. The predicted molar refractivity (Wildman–Crippen MR) is 115 cm³/mol. The molecule has 0 aromatic heterocycles. The van der Waals surface area contributed by atoms with E-state index < -0.39 is 10.0 Å². The first kappa shape index (κ1) is 19.6. The van der Waals surface area contributed by atoms with Crippen LogP contribution in [0.3, 0.4) is 0 Å². The highest BCUT2D eigenvalue weighted by molar-refractivity contribution is 7.90. The molecule has 2 aliphatic carbocycles. The highest BCUT2D eigenvalue weighted by Gasteiger charge is 2.30. The molecule has 0 amide bonds. The van der Waals surface area contributed by atoms with Crippen molar-refractivity contribution >= 4 is 10.0 Å². The molecule has 5 heteroatoms. The Morgan fingerprint density at radius 3 is 1.96 bits per heavy atom. The maximum absolute atomic E-state index is 12.1. The lowest BCUT2D eigenvalue weighted by molar-refractivity contribution is 0.298. The van der Waals surface area contributed by atoms with Gasteiger partial charge in [-0.15, -0.1) is 0 Å². The van der Waals surface area contributed by atoms with Gasteiger partial charge >= 0.3 is 0 Å². The first-order valence-electron chi connectivity index (χ1n) is 10.4. The van der Waals surface area contributed by atoms with E-state index in [1.807, 2.05) is 0 Å². The zero-order chi connectivity index (χ0) is 19.7. The van der Waals surface area contributed by atoms with Crippen LogP contribution in [0, 0.1) is 5.92 Å². The standard InChI is InChI=1S/C23H30N2O2S/c1-16(2)28(26,27)25-18-13-11-17(12-14-18)15-24-23-21-9-5-3-7-19(21)20-8-4-6-10-22(20)23/h3-10,16-18,23-25H,11-15H2,1-2H3. The van der Waals surface area contributed by atoms with Crippen molar-refractivity contribution in [2.24, 2.45) is 5.92 Å². The number of fused-ring (bicyclic) bond motifs is 3. The highest BCUT2D eigenvalue weighted by Crippen LogP contribution is 2.43. The Morgan fingerprint density at radius 1 is 0.893 bits per heavy atom. The maximum atomic E-state index is 12.1. The van der Waals surface area contributed by atoms with E-state index in [0.717, 1.165) is 32.2 Å². The molecule has 1 saturated carbocycles. The zero-order valence-corrected chi connectivity index (χ0v) is 17.5. The summed E-state index contributed by atoms with van der Waals surface area (Å²) in [5.74, 6) is 0.597. The molecule has 0 saturated heterocycles. The largest absolute Gasteiger partial charge is 0.306 e. The van der Waals surface area contributed by atoms with E-state index in [1.54, 1.807) is 13.8 Å². The maximum Gasteiger partial charge on any atom is 0.214 e. The molecule has 28 heavy (non-hydrogen) atoms. The van der Waals surface area contributed by atoms with Crippen LogP contribution in [0.4, 0.5) is 0 Å². The molecular formula is C23H30N2O2S. The van der Waals surface area contributed by atoms with Crippen LogP contribution in [0.1, 0.15) is 56.7 Å². The second-order valence-corrected chi connectivity index (χ2v) is 10.7. The van der Waals surface area contributed by atoms with Crippen molar-refractivity contribution < 1.29 is 8.42 Å². The molecule has 2 aliphatic rings. The van der Waals surface area contributed by atoms with E-state index in [0.29, 0.717) is 5.92 Å². The molecule has 0 heterocycles. The summed E-state index contributed by atoms with van der Waals surface area (Å²) in [6.07, 6.45) is 3.98. The van der Waals surface area contributed by atoms with Gasteiger partial charge in [0.1, 0.15) is 0 Å². The molecule has 0 bridgehead atoms. The van der Waals surface area contributed by atoms with Crippen LogP contribution in [0.25, 0.3) is 11.1 Å². The summed E-state index contributed by atoms with van der Waals surface area (Å²) in [6.45, 7) is 4.43. The number of nitrogens with one attached hydrogen (secondary N) is 2. The zero-order valence-electron chi connectivity index (χ0n) is 16.7. The lowest BCUT2D eigenvalue weighted by Crippen LogP contribution is -2.42. The molecule has 0 spiro atoms. The third kappa shape index (κ3) is 3.88. The monoisotopic (exact) mass is 398 g/mol. The van der Waals surface area contributed by atoms with Crippen LogP contribution in [0.15, 0.2) is 48.5 Å². The Hall–Kier alpha value is -1.69. The Balaban J connectivity index is 1.36. The van der Waals surface area contributed by atoms with Gasteiger partial charge in [-0.3, -0.25) is 0 Å². The Labute approximate surface area is 168 Å². The van der Waals surface area contributed by atoms with Crippen molar-refractivity contribution in [2.75, 3.05) is 6.54 Å². The molecule has 2 aromatic carbocycles. The number of hydrogen-bond acceptors (Lipinski definition) is 3. The van der Waals surface area contributed by atoms with Gasteiger partial charge in [0.05, 0.1) is 11.3 Å². The number of benzene rings is 2. The van der Waals surface area contributed by atoms with Crippen LogP contribution in [-0.2, 0) is 10.0 Å². The summed E-state index contributed by atoms with van der Waals surface area (Å²) in [5.41, 5.74) is 5.40. The normalized spacial score (nSPS) is 22.2. The molecule has 1 fully saturated rings. The van der Waals surface area contributed by atoms with Gasteiger partial charge in [-0.05, 0) is 74.2 Å². The van der Waals surface area contributed by atoms with Crippen LogP contribution in [-0.4, -0.2) is 26.3 Å². The molecule has 150 valence electrons. The van der Waals surface area contributed by atoms with Crippen LogP contribution >= 0.6 is 0 Å². The smallest absolute Gasteiger partial charge is 0.214 e. The lowest BCUT2D eigenvalue weighted by atomic mass is 9.86. The topological polar surface area (TPSA) is 58.2 Å². The molecule has 2 aromatic rings. The number of sulfonamides is 1. The Kier molecular flexibility index (Phi) is 5.59. The van der Waals surface area contributed by atoms with Gasteiger partial charge in [-0.25, -0.2) is 13.1 Å². The summed E-state index contributed by atoms with van der Waals surface area (Å²) in [6, 6.07) is 17.7. The highest BCUT2D eigenvalue weighted by atomic mass is 32.2. The van der Waals surface area contributed by atoms with Gasteiger partial charge < -0.3 is 5.32 Å². The molecule has 0 atom stereocenters. The molecule has 0 unspecified atom stereocenters. The van der Waals surface area contributed by atoms with Crippen LogP contribution in [0.2, 0.25) is 0 Å². The van der Waals surface area contributed by atoms with E-state index in [9.17, 15) is 8.42 Å². The number of rotatable bonds is 6. The summed E-state index contributed by atoms with van der Waals surface area (Å²) in [4.78, 5) is 0. The van der Waals surface area contributed by atoms with E-state index in [2.05, 4.69) is 58.6 Å². The SMILES string of the molecule is CC(C)S(=O)(=O)NC1CCC(CNC2c3ccccc3-c3ccccc32)CC1. The molecule has 0 radical (unpaired) electrons. The molecule has 0 aliphatic heterocycles. The fraction of sp³-hybridized carbons (Fsp3) is 0.478. The van der Waals surface area contributed by atoms with Gasteiger partial charge in [-0.1, -0.05) is 48.5 Å². The van der Waals surface area contributed by atoms with E-state index in [4.69, 9.17) is 0 Å². The molecular weight excluding hydrogens is 368 g/mol. The van der Waals surface area contributed by atoms with Gasteiger partial charge in [0, 0.05) is 6.04 Å². The molecule has 4 nitrogen and oxygen atoms in total. The fourth-order valence-electron chi connectivity index (χ4n) is 4.51. The Bertz CT molecular complexity index is 886. The van der Waals surface area contributed by atoms with Gasteiger partial charge in [0.25, 0.3) is 0 Å². The van der Waals surface area contributed by atoms with Crippen LogP contribution < -0.4 is 10.0 Å². The minimum absolute atomic E-state index is 0.0941. The first-order valence-corrected chi connectivity index (χ1v) is 11.9. The summed E-state index contributed by atoms with van der Waals surface area (Å²) in [7, 11) is -3.17. The second-order valence-electron chi connectivity index (χ2n) is 8.45.